The molecule has 8 heteroatoms. The lowest BCUT2D eigenvalue weighted by atomic mass is 9.82. The number of aliphatic hydroxyl groups excluding tert-OH is 3. The van der Waals surface area contributed by atoms with E-state index in [2.05, 4.69) is 20.4 Å². The van der Waals surface area contributed by atoms with Gasteiger partial charge >= 0.3 is 5.97 Å². The molecule has 0 amide bonds. The molecule has 0 bridgehead atoms. The van der Waals surface area contributed by atoms with E-state index in [4.69, 9.17) is 14.2 Å². The van der Waals surface area contributed by atoms with Crippen LogP contribution in [0.3, 0.4) is 0 Å². The van der Waals surface area contributed by atoms with E-state index in [9.17, 15) is 24.9 Å². The smallest absolute Gasteiger partial charge is 0.302 e. The van der Waals surface area contributed by atoms with Gasteiger partial charge in [-0.1, -0.05) is 32.1 Å². The average Bonchev–Trinajstić information content (AvgIpc) is 2.70. The van der Waals surface area contributed by atoms with Crippen LogP contribution in [0.4, 0.5) is 0 Å². The summed E-state index contributed by atoms with van der Waals surface area (Å²) >= 11 is 0. The highest BCUT2D eigenvalue weighted by atomic mass is 16.7. The number of esters is 1. The molecule has 1 fully saturated rings. The van der Waals surface area contributed by atoms with E-state index in [0.717, 1.165) is 5.57 Å². The third-order valence-corrected chi connectivity index (χ3v) is 6.06. The molecule has 0 aromatic carbocycles. The summed E-state index contributed by atoms with van der Waals surface area (Å²) in [6.07, 6.45) is -2.99. The van der Waals surface area contributed by atoms with Crippen LogP contribution in [0.2, 0.25) is 0 Å². The minimum Gasteiger partial charge on any atom is -0.463 e. The molecule has 176 valence electrons. The molecule has 0 radical (unpaired) electrons. The normalized spacial score (nSPS) is 35.6. The molecule has 7 atom stereocenters. The summed E-state index contributed by atoms with van der Waals surface area (Å²) in [6, 6.07) is 0. The van der Waals surface area contributed by atoms with Crippen molar-refractivity contribution in [3.05, 3.63) is 23.8 Å². The number of hydrogen-bond acceptors (Lipinski definition) is 8. The molecule has 1 heterocycles. The molecule has 8 nitrogen and oxygen atoms in total. The van der Waals surface area contributed by atoms with Gasteiger partial charge in [0.1, 0.15) is 31.0 Å². The van der Waals surface area contributed by atoms with E-state index >= 15 is 0 Å². The van der Waals surface area contributed by atoms with Crippen LogP contribution in [0.15, 0.2) is 23.8 Å². The summed E-state index contributed by atoms with van der Waals surface area (Å²) in [5, 5.41) is 31.0. The zero-order valence-electron chi connectivity index (χ0n) is 18.8. The van der Waals surface area contributed by atoms with Gasteiger partial charge in [-0.15, -0.1) is 0 Å². The van der Waals surface area contributed by atoms with Crippen LogP contribution in [0, 0.1) is 11.8 Å². The molecular formula is C23H36O8. The number of allylic oxidation sites excluding steroid dienone is 2. The summed E-state index contributed by atoms with van der Waals surface area (Å²) in [7, 11) is 0. The van der Waals surface area contributed by atoms with Crippen LogP contribution in [0.1, 0.15) is 53.4 Å². The van der Waals surface area contributed by atoms with E-state index in [-0.39, 0.29) is 24.2 Å². The molecule has 31 heavy (non-hydrogen) atoms. The highest BCUT2D eigenvalue weighted by Crippen LogP contribution is 2.32. The monoisotopic (exact) mass is 440 g/mol. The van der Waals surface area contributed by atoms with Crippen LogP contribution in [0.25, 0.3) is 0 Å². The first kappa shape index (κ1) is 25.7. The number of rotatable bonds is 5. The minimum atomic E-state index is -1.51. The number of aliphatic hydroxyl groups is 3. The molecule has 2 rings (SSSR count). The second-order valence-corrected chi connectivity index (χ2v) is 8.90. The SMILES string of the molecule is C=C1CCC(C(C)C)C(OC2OC(COC(C)=O)C(O)C(O)C2O)C=C(C)CCC1=O. The topological polar surface area (TPSA) is 123 Å². The quantitative estimate of drug-likeness (QED) is 0.335. The minimum absolute atomic E-state index is 0.00399. The van der Waals surface area contributed by atoms with Crippen molar-refractivity contribution in [2.24, 2.45) is 11.8 Å². The van der Waals surface area contributed by atoms with Crippen LogP contribution in [-0.2, 0) is 23.8 Å². The average molecular weight is 441 g/mol. The summed E-state index contributed by atoms with van der Waals surface area (Å²) in [6.45, 7) is 10.9. The van der Waals surface area contributed by atoms with Crippen molar-refractivity contribution in [1.29, 1.82) is 0 Å². The van der Waals surface area contributed by atoms with Gasteiger partial charge in [0.2, 0.25) is 0 Å². The Morgan fingerprint density at radius 1 is 1.19 bits per heavy atom. The Kier molecular flexibility index (Phi) is 9.39. The van der Waals surface area contributed by atoms with Gasteiger partial charge in [-0.3, -0.25) is 9.59 Å². The first-order chi connectivity index (χ1) is 14.5. The predicted molar refractivity (Wildman–Crippen MR) is 113 cm³/mol. The largest absolute Gasteiger partial charge is 0.463 e. The molecule has 1 aliphatic heterocycles. The maximum absolute atomic E-state index is 12.2. The molecule has 1 aliphatic carbocycles. The maximum Gasteiger partial charge on any atom is 0.302 e. The number of carbonyl (C=O) groups is 2. The van der Waals surface area contributed by atoms with E-state index in [0.29, 0.717) is 31.3 Å². The van der Waals surface area contributed by atoms with Crippen LogP contribution >= 0.6 is 0 Å². The highest BCUT2D eigenvalue weighted by molar-refractivity contribution is 5.94. The fraction of sp³-hybridized carbons (Fsp3) is 0.739. The van der Waals surface area contributed by atoms with Crippen molar-refractivity contribution in [3.8, 4) is 0 Å². The van der Waals surface area contributed by atoms with Crippen molar-refractivity contribution in [2.45, 2.75) is 90.2 Å². The fourth-order valence-electron chi connectivity index (χ4n) is 3.99. The highest BCUT2D eigenvalue weighted by Gasteiger charge is 2.46. The van der Waals surface area contributed by atoms with Gasteiger partial charge in [-0.05, 0) is 43.6 Å². The molecule has 0 saturated carbocycles. The standard InChI is InChI=1S/C23H36O8/c1-12(2)16-8-7-14(4)17(25)9-6-13(3)10-18(16)30-23-22(28)21(27)20(26)19(31-23)11-29-15(5)24/h10,12,16,18-23,26-28H,4,6-9,11H2,1-3,5H3. The Balaban J connectivity index is 2.25. The fourth-order valence-corrected chi connectivity index (χ4v) is 3.99. The summed E-state index contributed by atoms with van der Waals surface area (Å²) in [5.74, 6) is -0.269. The molecule has 3 N–H and O–H groups in total. The van der Waals surface area contributed by atoms with E-state index < -0.39 is 42.8 Å². The zero-order valence-corrected chi connectivity index (χ0v) is 18.8. The van der Waals surface area contributed by atoms with Gasteiger partial charge in [-0.2, -0.15) is 0 Å². The summed E-state index contributed by atoms with van der Waals surface area (Å²) in [5.41, 5.74) is 1.58. The number of Topliss-reactive ketones (excluding diaryl/α,β-unsaturated/α-hetero) is 1. The molecule has 1 saturated heterocycles. The van der Waals surface area contributed by atoms with Gasteiger partial charge in [0.25, 0.3) is 0 Å². The Morgan fingerprint density at radius 2 is 1.87 bits per heavy atom. The molecule has 2 aliphatic rings. The Morgan fingerprint density at radius 3 is 2.48 bits per heavy atom. The Labute approximate surface area is 183 Å². The molecule has 7 unspecified atom stereocenters. The van der Waals surface area contributed by atoms with Crippen molar-refractivity contribution in [2.75, 3.05) is 6.61 Å². The van der Waals surface area contributed by atoms with Crippen LogP contribution < -0.4 is 0 Å². The maximum atomic E-state index is 12.2. The van der Waals surface area contributed by atoms with Gasteiger partial charge in [0, 0.05) is 13.3 Å². The second kappa shape index (κ2) is 11.3. The lowest BCUT2D eigenvalue weighted by molar-refractivity contribution is -0.312. The number of ether oxygens (including phenoxy) is 3. The number of carbonyl (C=O) groups excluding carboxylic acids is 2. The third kappa shape index (κ3) is 6.95. The predicted octanol–water partition coefficient (Wildman–Crippen LogP) is 1.66. The van der Waals surface area contributed by atoms with Crippen molar-refractivity contribution in [3.63, 3.8) is 0 Å². The first-order valence-corrected chi connectivity index (χ1v) is 10.9. The molecule has 0 aromatic heterocycles. The van der Waals surface area contributed by atoms with Gasteiger partial charge in [0.05, 0.1) is 6.10 Å². The lowest BCUT2D eigenvalue weighted by Crippen LogP contribution is -2.60. The molecular weight excluding hydrogens is 404 g/mol. The summed E-state index contributed by atoms with van der Waals surface area (Å²) < 4.78 is 16.8. The second-order valence-electron chi connectivity index (χ2n) is 8.90. The Hall–Kier alpha value is -1.58. The van der Waals surface area contributed by atoms with E-state index in [1.54, 1.807) is 0 Å². The Bertz CT molecular complexity index is 685. The van der Waals surface area contributed by atoms with Crippen molar-refractivity contribution in [1.82, 2.24) is 0 Å². The number of ketones is 1. The van der Waals surface area contributed by atoms with Crippen LogP contribution in [0.5, 0.6) is 0 Å². The molecule has 0 aromatic rings. The lowest BCUT2D eigenvalue weighted by Gasteiger charge is -2.42. The van der Waals surface area contributed by atoms with E-state index in [1.807, 2.05) is 13.0 Å². The third-order valence-electron chi connectivity index (χ3n) is 6.06. The number of hydrogen-bond donors (Lipinski definition) is 3. The zero-order chi connectivity index (χ0) is 23.3. The molecule has 0 spiro atoms. The summed E-state index contributed by atoms with van der Waals surface area (Å²) in [4.78, 5) is 23.3. The van der Waals surface area contributed by atoms with Crippen LogP contribution in [-0.4, -0.2) is 70.5 Å². The first-order valence-electron chi connectivity index (χ1n) is 10.9. The van der Waals surface area contributed by atoms with Gasteiger partial charge in [0.15, 0.2) is 12.1 Å². The van der Waals surface area contributed by atoms with Crippen molar-refractivity contribution >= 4 is 11.8 Å². The van der Waals surface area contributed by atoms with E-state index in [1.165, 1.54) is 6.92 Å². The van der Waals surface area contributed by atoms with Gasteiger partial charge < -0.3 is 29.5 Å². The van der Waals surface area contributed by atoms with Gasteiger partial charge in [-0.25, -0.2) is 0 Å². The van der Waals surface area contributed by atoms with Crippen molar-refractivity contribution < 1.29 is 39.1 Å².